The standard InChI is InChI=1S/C58H88N8O12/c1-53(2)27-38(30-56(7,33-53)23-22-44(70)61-24-16-10-13-19-41(61)67)45(71)64-50(76)65(46(72)39-28-54(3,4)34-57(8,31-39)36-59-48(74)62-25-17-11-14-20-42(62)68)52(78)66(51(64)77)47(73)40-29-55(5,6)35-58(9,32-40)37-60-49(75)63-26-18-12-15-21-43(63)69/h38-40H,10-37H2,1-9H3,(H,59,74)(H,60,75). The topological polar surface area (TPSA) is 253 Å². The highest BCUT2D eigenvalue weighted by Crippen LogP contribution is 2.52. The monoisotopic (exact) mass is 1090 g/mol. The lowest BCUT2D eigenvalue weighted by Gasteiger charge is -2.46. The van der Waals surface area contributed by atoms with E-state index in [0.717, 1.165) is 19.3 Å². The summed E-state index contributed by atoms with van der Waals surface area (Å²) in [6.07, 6.45) is 10.2. The average molecular weight is 1090 g/mol. The highest BCUT2D eigenvalue weighted by atomic mass is 16.2. The number of aromatic nitrogens is 3. The fraction of sp³-hybridized carbons (Fsp3) is 0.793. The normalized spacial score (nSPS) is 29.6. The Balaban J connectivity index is 1.25. The molecular weight excluding hydrogens is 1000 g/mol. The Labute approximate surface area is 458 Å². The summed E-state index contributed by atoms with van der Waals surface area (Å²) < 4.78 is 0.865. The molecule has 3 saturated heterocycles. The summed E-state index contributed by atoms with van der Waals surface area (Å²) in [6, 6.07) is -1.09. The second-order valence-corrected chi connectivity index (χ2v) is 27.9. The summed E-state index contributed by atoms with van der Waals surface area (Å²) in [4.78, 5) is 174. The molecule has 7 rings (SSSR count). The largest absolute Gasteiger partial charge is 0.350 e. The van der Waals surface area contributed by atoms with Crippen LogP contribution in [0.15, 0.2) is 14.4 Å². The maximum Gasteiger partial charge on any atom is 0.350 e. The Hall–Kier alpha value is -5.56. The van der Waals surface area contributed by atoms with Crippen LogP contribution in [0.1, 0.15) is 224 Å². The van der Waals surface area contributed by atoms with Gasteiger partial charge in [-0.15, -0.1) is 0 Å². The van der Waals surface area contributed by atoms with Crippen LogP contribution in [-0.4, -0.2) is 115 Å². The van der Waals surface area contributed by atoms with Crippen molar-refractivity contribution >= 4 is 53.4 Å². The quantitative estimate of drug-likeness (QED) is 0.231. The number of imide groups is 3. The molecule has 20 nitrogen and oxygen atoms in total. The highest BCUT2D eigenvalue weighted by molar-refractivity contribution is 5.96. The van der Waals surface area contributed by atoms with Gasteiger partial charge >= 0.3 is 29.1 Å². The van der Waals surface area contributed by atoms with Crippen molar-refractivity contribution in [2.24, 2.45) is 50.2 Å². The number of carbonyl (C=O) groups is 9. The lowest BCUT2D eigenvalue weighted by Crippen LogP contribution is -2.62. The molecule has 0 spiro atoms. The van der Waals surface area contributed by atoms with E-state index in [0.29, 0.717) is 81.7 Å². The van der Waals surface area contributed by atoms with Crippen LogP contribution < -0.4 is 27.7 Å². The molecule has 78 heavy (non-hydrogen) atoms. The van der Waals surface area contributed by atoms with Gasteiger partial charge in [0, 0.05) is 76.2 Å². The first-order chi connectivity index (χ1) is 36.4. The van der Waals surface area contributed by atoms with Crippen LogP contribution in [0.25, 0.3) is 0 Å². The molecule has 20 heteroatoms. The zero-order valence-corrected chi connectivity index (χ0v) is 48.1. The number of rotatable bonds is 10. The molecule has 0 radical (unpaired) electrons. The Kier molecular flexibility index (Phi) is 17.9. The van der Waals surface area contributed by atoms with Gasteiger partial charge in [0.1, 0.15) is 0 Å². The van der Waals surface area contributed by atoms with Crippen molar-refractivity contribution < 1.29 is 43.2 Å². The van der Waals surface area contributed by atoms with Crippen molar-refractivity contribution in [1.29, 1.82) is 0 Å². The molecule has 1 aromatic heterocycles. The van der Waals surface area contributed by atoms with Gasteiger partial charge in [-0.2, -0.15) is 13.7 Å². The second kappa shape index (κ2) is 23.3. The lowest BCUT2D eigenvalue weighted by atomic mass is 9.59. The minimum atomic E-state index is -1.49. The Morgan fingerprint density at radius 3 is 1.08 bits per heavy atom. The van der Waals surface area contributed by atoms with E-state index < -0.39 is 97.1 Å². The minimum Gasteiger partial charge on any atom is -0.337 e. The first kappa shape index (κ1) is 60.1. The van der Waals surface area contributed by atoms with Gasteiger partial charge < -0.3 is 10.6 Å². The molecule has 3 aliphatic heterocycles. The maximum absolute atomic E-state index is 15.3. The van der Waals surface area contributed by atoms with Crippen molar-refractivity contribution in [2.75, 3.05) is 32.7 Å². The van der Waals surface area contributed by atoms with Crippen LogP contribution >= 0.6 is 0 Å². The van der Waals surface area contributed by atoms with Crippen LogP contribution in [0.2, 0.25) is 0 Å². The van der Waals surface area contributed by atoms with Gasteiger partial charge in [0.05, 0.1) is 0 Å². The van der Waals surface area contributed by atoms with Gasteiger partial charge in [-0.05, 0) is 135 Å². The highest BCUT2D eigenvalue weighted by Gasteiger charge is 2.50. The number of nitrogens with zero attached hydrogens (tertiary/aromatic N) is 6. The second-order valence-electron chi connectivity index (χ2n) is 27.9. The van der Waals surface area contributed by atoms with Gasteiger partial charge in [-0.25, -0.2) is 24.0 Å². The first-order valence-electron chi connectivity index (χ1n) is 29.0. The maximum atomic E-state index is 15.3. The van der Waals surface area contributed by atoms with Crippen LogP contribution in [0, 0.1) is 50.2 Å². The molecule has 6 atom stereocenters. The molecule has 432 valence electrons. The third-order valence-electron chi connectivity index (χ3n) is 18.0. The van der Waals surface area contributed by atoms with Crippen molar-refractivity contribution in [1.82, 2.24) is 39.0 Å². The molecule has 8 amide bonds. The third-order valence-corrected chi connectivity index (χ3v) is 18.0. The molecule has 1 aromatic rings. The van der Waals surface area contributed by atoms with E-state index in [2.05, 4.69) is 10.6 Å². The summed E-state index contributed by atoms with van der Waals surface area (Å²) in [5.41, 5.74) is -8.54. The van der Waals surface area contributed by atoms with Crippen LogP contribution in [0.4, 0.5) is 9.59 Å². The van der Waals surface area contributed by atoms with Gasteiger partial charge in [0.25, 0.3) is 0 Å². The van der Waals surface area contributed by atoms with Gasteiger partial charge in [-0.3, -0.25) is 48.3 Å². The average Bonchev–Trinajstić information content (AvgIpc) is 3.86. The van der Waals surface area contributed by atoms with Gasteiger partial charge in [0.2, 0.25) is 41.4 Å². The number of nitrogens with one attached hydrogen (secondary N) is 2. The molecule has 0 bridgehead atoms. The van der Waals surface area contributed by atoms with Crippen LogP contribution in [0.5, 0.6) is 0 Å². The third kappa shape index (κ3) is 13.9. The number of likely N-dealkylation sites (tertiary alicyclic amines) is 3. The van der Waals surface area contributed by atoms with E-state index in [4.69, 9.17) is 0 Å². The molecule has 4 heterocycles. The number of hydrogen-bond donors (Lipinski definition) is 2. The summed E-state index contributed by atoms with van der Waals surface area (Å²) in [5.74, 6) is -7.20. The smallest absolute Gasteiger partial charge is 0.337 e. The Morgan fingerprint density at radius 1 is 0.410 bits per heavy atom. The fourth-order valence-corrected chi connectivity index (χ4v) is 15.5. The summed E-state index contributed by atoms with van der Waals surface area (Å²) in [7, 11) is 0. The molecule has 2 N–H and O–H groups in total. The predicted molar refractivity (Wildman–Crippen MR) is 290 cm³/mol. The van der Waals surface area contributed by atoms with Crippen LogP contribution in [-0.2, 0) is 19.2 Å². The molecule has 3 aliphatic carbocycles. The van der Waals surface area contributed by atoms with E-state index in [-0.39, 0.29) is 117 Å². The predicted octanol–water partition coefficient (Wildman–Crippen LogP) is 7.52. The molecule has 6 unspecified atom stereocenters. The SMILES string of the molecule is CC1(C)CC(C(=O)n2c(=O)n(C(=O)C3CC(C)(C)CC(C)(CNC(=O)N4CCCCCC4=O)C3)c(=O)n(C(=O)C3CC(C)(C)CC(C)(CNC(=O)N4CCCCCC4=O)C3)c2=O)CC(C)(CCC(=O)N2CCCCCC2=O)C1. The van der Waals surface area contributed by atoms with Gasteiger partial charge in [-0.1, -0.05) is 81.6 Å². The zero-order chi connectivity index (χ0) is 57.3. The molecule has 0 aromatic carbocycles. The van der Waals surface area contributed by atoms with Crippen molar-refractivity contribution in [3.8, 4) is 0 Å². The first-order valence-corrected chi connectivity index (χ1v) is 29.0. The molecule has 6 aliphatic rings. The number of urea groups is 2. The van der Waals surface area contributed by atoms with Crippen LogP contribution in [0.3, 0.4) is 0 Å². The zero-order valence-electron chi connectivity index (χ0n) is 48.1. The van der Waals surface area contributed by atoms with E-state index in [1.807, 2.05) is 62.3 Å². The minimum absolute atomic E-state index is 0.0350. The van der Waals surface area contributed by atoms with Crippen molar-refractivity contribution in [3.63, 3.8) is 0 Å². The van der Waals surface area contributed by atoms with Crippen molar-refractivity contribution in [2.45, 2.75) is 210 Å². The van der Waals surface area contributed by atoms with E-state index in [1.165, 1.54) is 14.7 Å². The number of carbonyl (C=O) groups excluding carboxylic acids is 9. The Bertz CT molecular complexity index is 2430. The molecular formula is C58H88N8O12. The summed E-state index contributed by atoms with van der Waals surface area (Å²) in [6.45, 7) is 18.3. The van der Waals surface area contributed by atoms with Gasteiger partial charge in [0.15, 0.2) is 0 Å². The number of hydrogen-bond acceptors (Lipinski definition) is 12. The van der Waals surface area contributed by atoms with E-state index >= 15 is 28.8 Å². The van der Waals surface area contributed by atoms with E-state index in [9.17, 15) is 28.8 Å². The Morgan fingerprint density at radius 2 is 0.718 bits per heavy atom. The molecule has 6 fully saturated rings. The lowest BCUT2D eigenvalue weighted by molar-refractivity contribution is -0.145. The summed E-state index contributed by atoms with van der Waals surface area (Å²) >= 11 is 0. The fourth-order valence-electron chi connectivity index (χ4n) is 15.5. The van der Waals surface area contributed by atoms with Crippen molar-refractivity contribution in [3.05, 3.63) is 31.5 Å². The summed E-state index contributed by atoms with van der Waals surface area (Å²) in [5, 5.41) is 5.83. The number of amides is 8. The molecule has 3 saturated carbocycles. The van der Waals surface area contributed by atoms with E-state index in [1.54, 1.807) is 0 Å².